The van der Waals surface area contributed by atoms with Gasteiger partial charge in [0, 0.05) is 18.6 Å². The van der Waals surface area contributed by atoms with Gasteiger partial charge in [-0.2, -0.15) is 0 Å². The van der Waals surface area contributed by atoms with Gasteiger partial charge in [0.15, 0.2) is 11.5 Å². The molecule has 0 bridgehead atoms. The average molecular weight is 277 g/mol. The summed E-state index contributed by atoms with van der Waals surface area (Å²) in [5.41, 5.74) is 0.0687. The van der Waals surface area contributed by atoms with E-state index in [4.69, 9.17) is 14.2 Å². The van der Waals surface area contributed by atoms with Crippen LogP contribution in [0.5, 0.6) is 11.5 Å². The van der Waals surface area contributed by atoms with Gasteiger partial charge in [0.2, 0.25) is 0 Å². The maximum Gasteiger partial charge on any atom is 0.339 e. The van der Waals surface area contributed by atoms with Crippen molar-refractivity contribution in [3.63, 3.8) is 0 Å². The lowest BCUT2D eigenvalue weighted by Crippen LogP contribution is -2.19. The lowest BCUT2D eigenvalue weighted by molar-refractivity contribution is 0.0602. The molecule has 0 unspecified atom stereocenters. The molecule has 0 aliphatic carbocycles. The van der Waals surface area contributed by atoms with Crippen molar-refractivity contribution in [2.75, 3.05) is 21.3 Å². The average Bonchev–Trinajstić information content (AvgIpc) is 2.48. The molecular weight excluding hydrogens is 262 g/mol. The number of methoxy groups -OCH3 is 3. The van der Waals surface area contributed by atoms with Crippen molar-refractivity contribution in [3.05, 3.63) is 34.2 Å². The van der Waals surface area contributed by atoms with Gasteiger partial charge in [-0.05, 0) is 12.1 Å². The monoisotopic (exact) mass is 277 g/mol. The number of nitrogens with zero attached hydrogens (tertiary/aromatic N) is 1. The van der Waals surface area contributed by atoms with Crippen LogP contribution in [-0.2, 0) is 11.8 Å². The second-order valence-electron chi connectivity index (χ2n) is 4.20. The molecule has 0 saturated heterocycles. The Morgan fingerprint density at radius 1 is 1.05 bits per heavy atom. The van der Waals surface area contributed by atoms with Gasteiger partial charge in [-0.25, -0.2) is 4.79 Å². The van der Waals surface area contributed by atoms with Crippen LogP contribution in [0.2, 0.25) is 0 Å². The summed E-state index contributed by atoms with van der Waals surface area (Å²) in [7, 11) is 5.84. The van der Waals surface area contributed by atoms with E-state index in [0.29, 0.717) is 27.8 Å². The van der Waals surface area contributed by atoms with Crippen LogP contribution in [0.15, 0.2) is 23.1 Å². The third kappa shape index (κ3) is 2.09. The minimum Gasteiger partial charge on any atom is -0.493 e. The summed E-state index contributed by atoms with van der Waals surface area (Å²) in [5.74, 6) is 0.357. The van der Waals surface area contributed by atoms with Gasteiger partial charge in [0.1, 0.15) is 0 Å². The first-order valence-corrected chi connectivity index (χ1v) is 5.87. The number of benzene rings is 1. The lowest BCUT2D eigenvalue weighted by Gasteiger charge is -2.12. The number of rotatable bonds is 3. The molecule has 106 valence electrons. The van der Waals surface area contributed by atoms with E-state index >= 15 is 0 Å². The Hall–Kier alpha value is -2.50. The zero-order valence-corrected chi connectivity index (χ0v) is 11.7. The third-order valence-electron chi connectivity index (χ3n) is 3.09. The number of carbonyl (C=O) groups excluding carboxylic acids is 1. The molecule has 0 spiro atoms. The molecule has 0 saturated carbocycles. The second-order valence-corrected chi connectivity index (χ2v) is 4.20. The molecule has 0 radical (unpaired) electrons. The molecule has 0 atom stereocenters. The van der Waals surface area contributed by atoms with Gasteiger partial charge in [0.05, 0.1) is 32.3 Å². The first-order chi connectivity index (χ1) is 9.53. The Morgan fingerprint density at radius 2 is 1.60 bits per heavy atom. The first kappa shape index (κ1) is 13.9. The molecular formula is C14H15NO5. The molecule has 0 fully saturated rings. The Labute approximate surface area is 115 Å². The predicted molar refractivity (Wildman–Crippen MR) is 73.6 cm³/mol. The van der Waals surface area contributed by atoms with Crippen LogP contribution in [0.25, 0.3) is 10.8 Å². The lowest BCUT2D eigenvalue weighted by atomic mass is 10.1. The zero-order valence-electron chi connectivity index (χ0n) is 11.7. The second kappa shape index (κ2) is 5.24. The summed E-state index contributed by atoms with van der Waals surface area (Å²) in [5, 5.41) is 0.839. The first-order valence-electron chi connectivity index (χ1n) is 5.87. The largest absolute Gasteiger partial charge is 0.493 e. The molecule has 0 amide bonds. The van der Waals surface area contributed by atoms with Crippen molar-refractivity contribution < 1.29 is 19.0 Å². The smallest absolute Gasteiger partial charge is 0.339 e. The van der Waals surface area contributed by atoms with Crippen molar-refractivity contribution >= 4 is 16.7 Å². The van der Waals surface area contributed by atoms with E-state index in [1.54, 1.807) is 19.2 Å². The fourth-order valence-electron chi connectivity index (χ4n) is 2.06. The van der Waals surface area contributed by atoms with Crippen molar-refractivity contribution in [2.45, 2.75) is 0 Å². The summed E-state index contributed by atoms with van der Waals surface area (Å²) in [6, 6.07) is 3.16. The van der Waals surface area contributed by atoms with Crippen molar-refractivity contribution in [1.29, 1.82) is 0 Å². The number of fused-ring (bicyclic) bond motifs is 1. The number of aromatic nitrogens is 1. The third-order valence-corrected chi connectivity index (χ3v) is 3.09. The number of carbonyl (C=O) groups is 1. The highest BCUT2D eigenvalue weighted by atomic mass is 16.5. The number of esters is 1. The highest BCUT2D eigenvalue weighted by molar-refractivity contribution is 6.04. The quantitative estimate of drug-likeness (QED) is 0.792. The predicted octanol–water partition coefficient (Wildman–Crippen LogP) is 1.34. The van der Waals surface area contributed by atoms with Crippen molar-refractivity contribution in [1.82, 2.24) is 4.57 Å². The van der Waals surface area contributed by atoms with E-state index in [9.17, 15) is 9.59 Å². The van der Waals surface area contributed by atoms with Crippen LogP contribution in [0, 0.1) is 0 Å². The van der Waals surface area contributed by atoms with Crippen LogP contribution in [-0.4, -0.2) is 31.9 Å². The van der Waals surface area contributed by atoms with Crippen LogP contribution >= 0.6 is 0 Å². The van der Waals surface area contributed by atoms with Gasteiger partial charge >= 0.3 is 5.97 Å². The molecule has 6 nitrogen and oxygen atoms in total. The van der Waals surface area contributed by atoms with E-state index in [1.807, 2.05) is 0 Å². The standard InChI is InChI=1S/C14H15NO5/c1-15-7-10(14(17)20-4)8-5-11(18-2)12(19-3)6-9(8)13(15)16/h5-7H,1-4H3. The molecule has 1 aromatic heterocycles. The van der Waals surface area contributed by atoms with Crippen LogP contribution in [0.4, 0.5) is 0 Å². The van der Waals surface area contributed by atoms with E-state index in [0.717, 1.165) is 0 Å². The highest BCUT2D eigenvalue weighted by Gasteiger charge is 2.17. The maximum absolute atomic E-state index is 12.2. The highest BCUT2D eigenvalue weighted by Crippen LogP contribution is 2.32. The molecule has 1 heterocycles. The van der Waals surface area contributed by atoms with Crippen molar-refractivity contribution in [2.24, 2.45) is 7.05 Å². The number of hydrogen-bond acceptors (Lipinski definition) is 5. The fraction of sp³-hybridized carbons (Fsp3) is 0.286. The number of ether oxygens (including phenoxy) is 3. The van der Waals surface area contributed by atoms with Crippen LogP contribution < -0.4 is 15.0 Å². The molecule has 0 N–H and O–H groups in total. The molecule has 2 rings (SSSR count). The topological polar surface area (TPSA) is 66.8 Å². The normalized spacial score (nSPS) is 10.4. The van der Waals surface area contributed by atoms with Gasteiger partial charge in [-0.15, -0.1) is 0 Å². The SMILES string of the molecule is COC(=O)c1cn(C)c(=O)c2cc(OC)c(OC)cc12. The summed E-state index contributed by atoms with van der Waals surface area (Å²) in [4.78, 5) is 24.0. The molecule has 0 aliphatic rings. The molecule has 1 aromatic carbocycles. The zero-order chi connectivity index (χ0) is 14.9. The van der Waals surface area contributed by atoms with Gasteiger partial charge in [0.25, 0.3) is 5.56 Å². The van der Waals surface area contributed by atoms with Crippen LogP contribution in [0.3, 0.4) is 0 Å². The summed E-state index contributed by atoms with van der Waals surface area (Å²) in [6.45, 7) is 0. The van der Waals surface area contributed by atoms with Gasteiger partial charge in [-0.3, -0.25) is 4.79 Å². The molecule has 20 heavy (non-hydrogen) atoms. The molecule has 6 heteroatoms. The van der Waals surface area contributed by atoms with Crippen molar-refractivity contribution in [3.8, 4) is 11.5 Å². The van der Waals surface area contributed by atoms with E-state index < -0.39 is 5.97 Å². The number of aryl methyl sites for hydroxylation is 1. The minimum absolute atomic E-state index is 0.228. The Balaban J connectivity index is 2.92. The number of hydrogen-bond donors (Lipinski definition) is 0. The van der Waals surface area contributed by atoms with E-state index in [2.05, 4.69) is 0 Å². The van der Waals surface area contributed by atoms with E-state index in [1.165, 1.54) is 32.1 Å². The van der Waals surface area contributed by atoms with Gasteiger partial charge in [-0.1, -0.05) is 0 Å². The van der Waals surface area contributed by atoms with Gasteiger partial charge < -0.3 is 18.8 Å². The Morgan fingerprint density at radius 3 is 2.10 bits per heavy atom. The van der Waals surface area contributed by atoms with Crippen LogP contribution in [0.1, 0.15) is 10.4 Å². The fourth-order valence-corrected chi connectivity index (χ4v) is 2.06. The Kier molecular flexibility index (Phi) is 3.65. The number of pyridine rings is 1. The Bertz CT molecular complexity index is 732. The maximum atomic E-state index is 12.2. The summed E-state index contributed by atoms with van der Waals surface area (Å²) in [6.07, 6.45) is 1.45. The summed E-state index contributed by atoms with van der Waals surface area (Å²) < 4.78 is 16.5. The molecule has 0 aliphatic heterocycles. The summed E-state index contributed by atoms with van der Waals surface area (Å²) >= 11 is 0. The molecule has 2 aromatic rings. The minimum atomic E-state index is -0.516. The van der Waals surface area contributed by atoms with E-state index in [-0.39, 0.29) is 5.56 Å².